The lowest BCUT2D eigenvalue weighted by molar-refractivity contribution is 0.0979. The van der Waals surface area contributed by atoms with Crippen LogP contribution in [0.5, 0.6) is 5.75 Å². The molecule has 0 radical (unpaired) electrons. The number of carbonyl (C=O) groups excluding carboxylic acids is 1. The van der Waals surface area contributed by atoms with Gasteiger partial charge in [-0.2, -0.15) is 0 Å². The number of nitrogens with zero attached hydrogens (tertiary/aromatic N) is 1. The molecule has 4 nitrogen and oxygen atoms in total. The number of nitrogens with one attached hydrogen (secondary N) is 1. The maximum atomic E-state index is 12.7. The first-order valence-corrected chi connectivity index (χ1v) is 7.29. The van der Waals surface area contributed by atoms with Crippen LogP contribution in [0, 0.1) is 0 Å². The summed E-state index contributed by atoms with van der Waals surface area (Å²) in [5, 5.41) is 10.8. The number of phenolic OH excluding ortho intramolecular Hbond substituents is 1. The average molecular weight is 288 g/mol. The topological polar surface area (TPSA) is 65.5 Å². The summed E-state index contributed by atoms with van der Waals surface area (Å²) in [6.07, 6.45) is 0.436. The molecular formula is C18H12N2O2. The van der Waals surface area contributed by atoms with Crippen LogP contribution in [-0.4, -0.2) is 21.6 Å². The van der Waals surface area contributed by atoms with Crippen molar-refractivity contribution >= 4 is 28.1 Å². The molecule has 1 aromatic heterocycles. The number of aromatic amines is 1. The fraction of sp³-hybridized carbons (Fsp3) is 0.111. The van der Waals surface area contributed by atoms with Crippen molar-refractivity contribution in [3.63, 3.8) is 0 Å². The number of rotatable bonds is 0. The van der Waals surface area contributed by atoms with Crippen LogP contribution < -0.4 is 0 Å². The number of aromatic hydroxyl groups is 1. The number of hydrogen-bond donors (Lipinski definition) is 2. The third kappa shape index (κ3) is 1.32. The van der Waals surface area contributed by atoms with E-state index in [1.165, 1.54) is 0 Å². The summed E-state index contributed by atoms with van der Waals surface area (Å²) < 4.78 is 0. The lowest BCUT2D eigenvalue weighted by Gasteiger charge is -2.19. The highest BCUT2D eigenvalue weighted by atomic mass is 16.3. The minimum absolute atomic E-state index is 0.0198. The standard InChI is InChI=1S/C18H12N2O2/c21-13-7-3-5-10-15-14(22)8-11-9-4-1-2-6-12(9)19-17(11)18(15)20-16(10)13/h1-7,11,20-21H,8H2. The van der Waals surface area contributed by atoms with Gasteiger partial charge in [0.1, 0.15) is 5.75 Å². The highest BCUT2D eigenvalue weighted by Gasteiger charge is 2.38. The Balaban J connectivity index is 1.84. The van der Waals surface area contributed by atoms with Gasteiger partial charge in [0.25, 0.3) is 0 Å². The molecule has 0 amide bonds. The molecule has 5 rings (SSSR count). The molecule has 0 fully saturated rings. The van der Waals surface area contributed by atoms with E-state index in [1.807, 2.05) is 30.3 Å². The van der Waals surface area contributed by atoms with Crippen LogP contribution in [0.3, 0.4) is 0 Å². The van der Waals surface area contributed by atoms with E-state index in [9.17, 15) is 9.90 Å². The molecule has 2 N–H and O–H groups in total. The quantitative estimate of drug-likeness (QED) is 0.662. The third-order valence-corrected chi connectivity index (χ3v) is 4.62. The smallest absolute Gasteiger partial charge is 0.166 e. The Bertz CT molecular complexity index is 997. The minimum Gasteiger partial charge on any atom is -0.506 e. The van der Waals surface area contributed by atoms with E-state index in [0.29, 0.717) is 17.5 Å². The van der Waals surface area contributed by atoms with Crippen LogP contribution in [0.2, 0.25) is 0 Å². The van der Waals surface area contributed by atoms with Crippen LogP contribution in [0.1, 0.15) is 34.0 Å². The first-order valence-electron chi connectivity index (χ1n) is 7.29. The first-order chi connectivity index (χ1) is 10.7. The highest BCUT2D eigenvalue weighted by Crippen LogP contribution is 2.45. The van der Waals surface area contributed by atoms with Crippen molar-refractivity contribution in [3.05, 3.63) is 59.3 Å². The van der Waals surface area contributed by atoms with Gasteiger partial charge in [-0.15, -0.1) is 0 Å². The molecule has 0 spiro atoms. The Morgan fingerprint density at radius 3 is 2.91 bits per heavy atom. The van der Waals surface area contributed by atoms with Crippen molar-refractivity contribution in [2.45, 2.75) is 12.3 Å². The van der Waals surface area contributed by atoms with Gasteiger partial charge in [-0.05, 0) is 17.7 Å². The predicted octanol–water partition coefficient (Wildman–Crippen LogP) is 3.68. The molecular weight excluding hydrogens is 276 g/mol. The minimum atomic E-state index is 0.0198. The van der Waals surface area contributed by atoms with Gasteiger partial charge in [-0.3, -0.25) is 9.79 Å². The molecule has 22 heavy (non-hydrogen) atoms. The number of para-hydroxylation sites is 2. The number of fused-ring (bicyclic) bond motifs is 7. The van der Waals surface area contributed by atoms with Gasteiger partial charge in [-0.25, -0.2) is 0 Å². The van der Waals surface area contributed by atoms with Gasteiger partial charge in [0.15, 0.2) is 5.78 Å². The Kier molecular flexibility index (Phi) is 2.06. The maximum absolute atomic E-state index is 12.7. The second kappa shape index (κ2) is 3.85. The highest BCUT2D eigenvalue weighted by molar-refractivity contribution is 6.25. The van der Waals surface area contributed by atoms with Crippen molar-refractivity contribution in [2.75, 3.05) is 0 Å². The Morgan fingerprint density at radius 2 is 2.00 bits per heavy atom. The molecule has 1 aliphatic heterocycles. The summed E-state index contributed by atoms with van der Waals surface area (Å²) in [4.78, 5) is 20.6. The fourth-order valence-corrected chi connectivity index (χ4v) is 3.65. The number of aromatic nitrogens is 1. The molecule has 0 saturated carbocycles. The number of Topliss-reactive ketones (excluding diaryl/α,β-unsaturated/α-hetero) is 1. The lowest BCUT2D eigenvalue weighted by atomic mass is 9.81. The molecule has 1 unspecified atom stereocenters. The fourth-order valence-electron chi connectivity index (χ4n) is 3.65. The summed E-state index contributed by atoms with van der Waals surface area (Å²) in [5.74, 6) is 0.284. The lowest BCUT2D eigenvalue weighted by Crippen LogP contribution is -2.23. The second-order valence-corrected chi connectivity index (χ2v) is 5.81. The van der Waals surface area contributed by atoms with Gasteiger partial charge in [0.2, 0.25) is 0 Å². The van der Waals surface area contributed by atoms with Crippen LogP contribution in [0.25, 0.3) is 10.9 Å². The molecule has 2 heterocycles. The SMILES string of the molecule is O=C1CC2C(=Nc3ccccc32)c2[nH]c3c(O)cccc3c21. The largest absolute Gasteiger partial charge is 0.506 e. The molecule has 1 aliphatic carbocycles. The number of ketones is 1. The van der Waals surface area contributed by atoms with Crippen molar-refractivity contribution in [2.24, 2.45) is 4.99 Å². The zero-order valence-electron chi connectivity index (χ0n) is 11.6. The molecule has 0 bridgehead atoms. The van der Waals surface area contributed by atoms with E-state index in [2.05, 4.69) is 4.98 Å². The third-order valence-electron chi connectivity index (χ3n) is 4.62. The molecule has 0 saturated heterocycles. The van der Waals surface area contributed by atoms with Gasteiger partial charge >= 0.3 is 0 Å². The van der Waals surface area contributed by atoms with Gasteiger partial charge < -0.3 is 10.1 Å². The Labute approximate surface area is 126 Å². The molecule has 2 aromatic carbocycles. The van der Waals surface area contributed by atoms with Crippen molar-refractivity contribution in [1.29, 1.82) is 0 Å². The number of hydrogen-bond acceptors (Lipinski definition) is 3. The van der Waals surface area contributed by atoms with Crippen LogP contribution in [0.15, 0.2) is 47.5 Å². The molecule has 4 heteroatoms. The summed E-state index contributed by atoms with van der Waals surface area (Å²) in [6.45, 7) is 0. The normalized spacial score (nSPS) is 18.8. The van der Waals surface area contributed by atoms with Gasteiger partial charge in [-0.1, -0.05) is 30.3 Å². The number of H-pyrrole nitrogens is 1. The van der Waals surface area contributed by atoms with Crippen LogP contribution in [0.4, 0.5) is 5.69 Å². The zero-order chi connectivity index (χ0) is 14.8. The molecule has 2 aliphatic rings. The Hall–Kier alpha value is -2.88. The monoisotopic (exact) mass is 288 g/mol. The predicted molar refractivity (Wildman–Crippen MR) is 84.3 cm³/mol. The summed E-state index contributed by atoms with van der Waals surface area (Å²) in [7, 11) is 0. The van der Waals surface area contributed by atoms with E-state index in [1.54, 1.807) is 12.1 Å². The number of aliphatic imine (C=N–C) groups is 1. The van der Waals surface area contributed by atoms with Crippen molar-refractivity contribution in [3.8, 4) is 5.75 Å². The number of benzene rings is 2. The molecule has 3 aromatic rings. The van der Waals surface area contributed by atoms with Crippen molar-refractivity contribution in [1.82, 2.24) is 4.98 Å². The van der Waals surface area contributed by atoms with E-state index in [4.69, 9.17) is 4.99 Å². The first kappa shape index (κ1) is 11.7. The average Bonchev–Trinajstić information content (AvgIpc) is 3.07. The van der Waals surface area contributed by atoms with Gasteiger partial charge in [0.05, 0.1) is 28.2 Å². The Morgan fingerprint density at radius 1 is 1.14 bits per heavy atom. The number of carbonyl (C=O) groups is 1. The summed E-state index contributed by atoms with van der Waals surface area (Å²) in [5.41, 5.74) is 4.99. The number of phenols is 1. The van der Waals surface area contributed by atoms with E-state index < -0.39 is 0 Å². The molecule has 106 valence electrons. The second-order valence-electron chi connectivity index (χ2n) is 5.81. The van der Waals surface area contributed by atoms with E-state index in [0.717, 1.165) is 28.0 Å². The van der Waals surface area contributed by atoms with E-state index in [-0.39, 0.29) is 17.5 Å². The van der Waals surface area contributed by atoms with Gasteiger partial charge in [0, 0.05) is 17.7 Å². The summed E-state index contributed by atoms with van der Waals surface area (Å²) in [6, 6.07) is 13.2. The zero-order valence-corrected chi connectivity index (χ0v) is 11.6. The molecule has 1 atom stereocenters. The van der Waals surface area contributed by atoms with Crippen LogP contribution in [-0.2, 0) is 0 Å². The van der Waals surface area contributed by atoms with E-state index >= 15 is 0 Å². The van der Waals surface area contributed by atoms with Crippen LogP contribution >= 0.6 is 0 Å². The summed E-state index contributed by atoms with van der Waals surface area (Å²) >= 11 is 0. The van der Waals surface area contributed by atoms with Crippen molar-refractivity contribution < 1.29 is 9.90 Å². The maximum Gasteiger partial charge on any atom is 0.166 e.